The Labute approximate surface area is 181 Å². The van der Waals surface area contributed by atoms with Crippen molar-refractivity contribution in [3.63, 3.8) is 0 Å². The highest BCUT2D eigenvalue weighted by Crippen LogP contribution is 2.26. The molecule has 28 heavy (non-hydrogen) atoms. The Bertz CT molecular complexity index is 970. The van der Waals surface area contributed by atoms with E-state index >= 15 is 0 Å². The van der Waals surface area contributed by atoms with E-state index in [0.29, 0.717) is 24.5 Å². The molecule has 1 saturated heterocycles. The molecule has 0 bridgehead atoms. The van der Waals surface area contributed by atoms with Crippen LogP contribution >= 0.6 is 38.9 Å². The molecule has 144 valence electrons. The average Bonchev–Trinajstić information content (AvgIpc) is 3.17. The fourth-order valence-corrected chi connectivity index (χ4v) is 4.48. The number of aromatic nitrogens is 2. The van der Waals surface area contributed by atoms with Crippen molar-refractivity contribution >= 4 is 50.6 Å². The van der Waals surface area contributed by atoms with Crippen LogP contribution in [-0.4, -0.2) is 47.0 Å². The lowest BCUT2D eigenvalue weighted by molar-refractivity contribution is -0.130. The van der Waals surface area contributed by atoms with Crippen LogP contribution in [0.25, 0.3) is 10.6 Å². The molecule has 0 unspecified atom stereocenters. The highest BCUT2D eigenvalue weighted by Gasteiger charge is 2.22. The predicted molar refractivity (Wildman–Crippen MR) is 117 cm³/mol. The van der Waals surface area contributed by atoms with Crippen LogP contribution in [0.5, 0.6) is 0 Å². The first kappa shape index (κ1) is 19.4. The Morgan fingerprint density at radius 1 is 1.18 bits per heavy atom. The summed E-state index contributed by atoms with van der Waals surface area (Å²) >= 11 is 11.0. The van der Waals surface area contributed by atoms with E-state index in [2.05, 4.69) is 30.8 Å². The van der Waals surface area contributed by atoms with Gasteiger partial charge in [0.15, 0.2) is 0 Å². The molecule has 2 aromatic heterocycles. The van der Waals surface area contributed by atoms with Gasteiger partial charge < -0.3 is 9.80 Å². The fraction of sp³-hybridized carbons (Fsp3) is 0.250. The molecule has 0 atom stereocenters. The number of thiazole rings is 1. The van der Waals surface area contributed by atoms with Crippen LogP contribution in [0.15, 0.2) is 52.4 Å². The van der Waals surface area contributed by atoms with E-state index in [1.54, 1.807) is 17.5 Å². The first-order valence-corrected chi connectivity index (χ1v) is 11.0. The first-order chi connectivity index (χ1) is 13.6. The van der Waals surface area contributed by atoms with Gasteiger partial charge in [-0.3, -0.25) is 4.79 Å². The summed E-state index contributed by atoms with van der Waals surface area (Å²) in [6.07, 6.45) is 1.99. The second kappa shape index (κ2) is 8.59. The summed E-state index contributed by atoms with van der Waals surface area (Å²) in [5.74, 6) is 1.02. The number of pyridine rings is 1. The molecule has 0 saturated carbocycles. The van der Waals surface area contributed by atoms with Gasteiger partial charge in [-0.15, -0.1) is 11.3 Å². The maximum absolute atomic E-state index is 12.7. The first-order valence-electron chi connectivity index (χ1n) is 8.93. The maximum Gasteiger partial charge on any atom is 0.228 e. The van der Waals surface area contributed by atoms with Crippen LogP contribution in [-0.2, 0) is 11.2 Å². The van der Waals surface area contributed by atoms with Crippen molar-refractivity contribution in [1.29, 1.82) is 0 Å². The van der Waals surface area contributed by atoms with Crippen molar-refractivity contribution in [3.05, 3.63) is 63.2 Å². The highest BCUT2D eigenvalue weighted by atomic mass is 79.9. The van der Waals surface area contributed by atoms with E-state index in [4.69, 9.17) is 11.6 Å². The molecule has 1 aliphatic rings. The van der Waals surface area contributed by atoms with E-state index in [-0.39, 0.29) is 5.91 Å². The lowest BCUT2D eigenvalue weighted by Gasteiger charge is -2.35. The summed E-state index contributed by atoms with van der Waals surface area (Å²) in [6.45, 7) is 2.90. The molecule has 1 amide bonds. The molecule has 1 aromatic carbocycles. The number of anilines is 1. The summed E-state index contributed by atoms with van der Waals surface area (Å²) in [5.41, 5.74) is 1.88. The SMILES string of the molecule is O=C(Cc1csc(-c2cccc(Br)c2)n1)N1CCN(c2ccc(Cl)cn2)CC1. The standard InChI is InChI=1S/C20H18BrClN4OS/c21-15-3-1-2-14(10-15)20-24-17(13-28-20)11-19(27)26-8-6-25(7-9-26)18-5-4-16(22)12-23-18/h1-5,10,12-13H,6-9,11H2. The second-order valence-electron chi connectivity index (χ2n) is 6.53. The average molecular weight is 478 g/mol. The fourth-order valence-electron chi connectivity index (χ4n) is 3.15. The molecule has 1 fully saturated rings. The normalized spacial score (nSPS) is 14.4. The number of rotatable bonds is 4. The Morgan fingerprint density at radius 3 is 2.71 bits per heavy atom. The van der Waals surface area contributed by atoms with Gasteiger partial charge in [0.05, 0.1) is 17.1 Å². The summed E-state index contributed by atoms with van der Waals surface area (Å²) in [7, 11) is 0. The number of amides is 1. The number of hydrogen-bond acceptors (Lipinski definition) is 5. The van der Waals surface area contributed by atoms with Crippen LogP contribution in [0.3, 0.4) is 0 Å². The Kier molecular flexibility index (Phi) is 5.94. The van der Waals surface area contributed by atoms with Gasteiger partial charge in [-0.1, -0.05) is 39.7 Å². The topological polar surface area (TPSA) is 49.3 Å². The number of carbonyl (C=O) groups excluding carboxylic acids is 1. The molecule has 0 spiro atoms. The zero-order valence-corrected chi connectivity index (χ0v) is 18.2. The summed E-state index contributed by atoms with van der Waals surface area (Å²) in [4.78, 5) is 25.8. The molecule has 3 heterocycles. The molecule has 0 radical (unpaired) electrons. The van der Waals surface area contributed by atoms with Crippen molar-refractivity contribution < 1.29 is 4.79 Å². The number of piperazine rings is 1. The minimum Gasteiger partial charge on any atom is -0.353 e. The van der Waals surface area contributed by atoms with Gasteiger partial charge in [0, 0.05) is 47.8 Å². The van der Waals surface area contributed by atoms with Crippen LogP contribution < -0.4 is 4.90 Å². The van der Waals surface area contributed by atoms with Crippen molar-refractivity contribution in [2.75, 3.05) is 31.1 Å². The zero-order chi connectivity index (χ0) is 19.5. The van der Waals surface area contributed by atoms with Crippen LogP contribution in [0.1, 0.15) is 5.69 Å². The monoisotopic (exact) mass is 476 g/mol. The molecule has 8 heteroatoms. The molecule has 5 nitrogen and oxygen atoms in total. The van der Waals surface area contributed by atoms with Crippen molar-refractivity contribution in [2.45, 2.75) is 6.42 Å². The lowest BCUT2D eigenvalue weighted by atomic mass is 10.2. The molecule has 1 aliphatic heterocycles. The van der Waals surface area contributed by atoms with E-state index < -0.39 is 0 Å². The number of halogens is 2. The smallest absolute Gasteiger partial charge is 0.228 e. The minimum atomic E-state index is 0.120. The lowest BCUT2D eigenvalue weighted by Crippen LogP contribution is -2.49. The molecular formula is C20H18BrClN4OS. The van der Waals surface area contributed by atoms with Crippen LogP contribution in [0.4, 0.5) is 5.82 Å². The summed E-state index contributed by atoms with van der Waals surface area (Å²) in [5, 5.41) is 3.54. The van der Waals surface area contributed by atoms with E-state index in [0.717, 1.165) is 39.6 Å². The van der Waals surface area contributed by atoms with Crippen molar-refractivity contribution in [1.82, 2.24) is 14.9 Å². The summed E-state index contributed by atoms with van der Waals surface area (Å²) < 4.78 is 1.02. The van der Waals surface area contributed by atoms with Gasteiger partial charge in [-0.05, 0) is 24.3 Å². The van der Waals surface area contributed by atoms with Crippen molar-refractivity contribution in [3.8, 4) is 10.6 Å². The van der Waals surface area contributed by atoms with Crippen LogP contribution in [0, 0.1) is 0 Å². The number of benzene rings is 1. The van der Waals surface area contributed by atoms with E-state index in [1.807, 2.05) is 46.7 Å². The van der Waals surface area contributed by atoms with Crippen LogP contribution in [0.2, 0.25) is 5.02 Å². The largest absolute Gasteiger partial charge is 0.353 e. The Hall–Kier alpha value is -1.96. The van der Waals surface area contributed by atoms with E-state index in [1.165, 1.54) is 0 Å². The second-order valence-corrected chi connectivity index (χ2v) is 8.74. The van der Waals surface area contributed by atoms with Gasteiger partial charge >= 0.3 is 0 Å². The molecule has 3 aromatic rings. The number of nitrogens with zero attached hydrogens (tertiary/aromatic N) is 4. The molecule has 0 N–H and O–H groups in total. The molecule has 0 aliphatic carbocycles. The number of carbonyl (C=O) groups is 1. The third-order valence-corrected chi connectivity index (χ3v) is 6.28. The molecule has 4 rings (SSSR count). The Morgan fingerprint density at radius 2 is 2.00 bits per heavy atom. The summed E-state index contributed by atoms with van der Waals surface area (Å²) in [6, 6.07) is 11.8. The zero-order valence-electron chi connectivity index (χ0n) is 15.0. The minimum absolute atomic E-state index is 0.120. The third-order valence-electron chi connectivity index (χ3n) is 4.62. The number of hydrogen-bond donors (Lipinski definition) is 0. The highest BCUT2D eigenvalue weighted by molar-refractivity contribution is 9.10. The van der Waals surface area contributed by atoms with E-state index in [9.17, 15) is 4.79 Å². The van der Waals surface area contributed by atoms with Gasteiger partial charge in [0.25, 0.3) is 0 Å². The quantitative estimate of drug-likeness (QED) is 0.555. The predicted octanol–water partition coefficient (Wildman–Crippen LogP) is 4.51. The van der Waals surface area contributed by atoms with Gasteiger partial charge in [-0.25, -0.2) is 9.97 Å². The molecular weight excluding hydrogens is 460 g/mol. The Balaban J connectivity index is 1.34. The van der Waals surface area contributed by atoms with Gasteiger partial charge in [0.1, 0.15) is 10.8 Å². The van der Waals surface area contributed by atoms with Gasteiger partial charge in [-0.2, -0.15) is 0 Å². The third kappa shape index (κ3) is 4.54. The van der Waals surface area contributed by atoms with Gasteiger partial charge in [0.2, 0.25) is 5.91 Å². The van der Waals surface area contributed by atoms with Crippen molar-refractivity contribution in [2.24, 2.45) is 0 Å². The maximum atomic E-state index is 12.7.